The van der Waals surface area contributed by atoms with E-state index in [1.807, 2.05) is 85.8 Å². The summed E-state index contributed by atoms with van der Waals surface area (Å²) in [5, 5.41) is 8.07. The van der Waals surface area contributed by atoms with Crippen LogP contribution in [0.25, 0.3) is 11.0 Å². The van der Waals surface area contributed by atoms with E-state index < -0.39 is 0 Å². The Hall–Kier alpha value is -3.60. The molecule has 1 unspecified atom stereocenters. The lowest BCUT2D eigenvalue weighted by Gasteiger charge is -2.20. The molecule has 29 heavy (non-hydrogen) atoms. The fourth-order valence-electron chi connectivity index (χ4n) is 3.36. The molecule has 0 aliphatic rings. The molecular weight excluding hydrogens is 364 g/mol. The zero-order valence-corrected chi connectivity index (χ0v) is 16.2. The van der Waals surface area contributed by atoms with Crippen LogP contribution in [-0.4, -0.2) is 17.7 Å². The van der Waals surface area contributed by atoms with E-state index in [4.69, 9.17) is 9.26 Å². The molecule has 146 valence electrons. The van der Waals surface area contributed by atoms with Gasteiger partial charge in [0.2, 0.25) is 5.91 Å². The first-order valence-electron chi connectivity index (χ1n) is 9.65. The summed E-state index contributed by atoms with van der Waals surface area (Å²) in [6, 6.07) is 25.0. The minimum absolute atomic E-state index is 0.119. The molecule has 5 heteroatoms. The van der Waals surface area contributed by atoms with Crippen LogP contribution in [0.15, 0.2) is 83.4 Å². The number of carbonyl (C=O) groups is 1. The largest absolute Gasteiger partial charge is 0.494 e. The highest BCUT2D eigenvalue weighted by Crippen LogP contribution is 2.25. The van der Waals surface area contributed by atoms with Crippen molar-refractivity contribution in [1.29, 1.82) is 0 Å². The zero-order chi connectivity index (χ0) is 20.1. The van der Waals surface area contributed by atoms with E-state index in [2.05, 4.69) is 10.5 Å². The lowest BCUT2D eigenvalue weighted by molar-refractivity contribution is -0.121. The molecule has 5 nitrogen and oxygen atoms in total. The Bertz CT molecular complexity index is 1090. The van der Waals surface area contributed by atoms with Crippen LogP contribution in [0.5, 0.6) is 5.75 Å². The van der Waals surface area contributed by atoms with Gasteiger partial charge in [-0.25, -0.2) is 0 Å². The number of hydrogen-bond donors (Lipinski definition) is 1. The van der Waals surface area contributed by atoms with Crippen LogP contribution in [0.2, 0.25) is 0 Å². The van der Waals surface area contributed by atoms with E-state index in [1.165, 1.54) is 0 Å². The number of fused-ring (bicyclic) bond motifs is 1. The van der Waals surface area contributed by atoms with Gasteiger partial charge < -0.3 is 14.6 Å². The number of para-hydroxylation sites is 1. The van der Waals surface area contributed by atoms with Crippen molar-refractivity contribution in [1.82, 2.24) is 10.5 Å². The lowest BCUT2D eigenvalue weighted by Crippen LogP contribution is -2.30. The van der Waals surface area contributed by atoms with Gasteiger partial charge in [0.1, 0.15) is 11.4 Å². The predicted octanol–water partition coefficient (Wildman–Crippen LogP) is 4.67. The first-order valence-corrected chi connectivity index (χ1v) is 9.65. The summed E-state index contributed by atoms with van der Waals surface area (Å²) in [6.45, 7) is 2.57. The molecule has 0 aliphatic heterocycles. The van der Waals surface area contributed by atoms with Gasteiger partial charge in [-0.2, -0.15) is 0 Å². The topological polar surface area (TPSA) is 64.4 Å². The monoisotopic (exact) mass is 386 g/mol. The van der Waals surface area contributed by atoms with E-state index in [9.17, 15) is 4.79 Å². The predicted molar refractivity (Wildman–Crippen MR) is 112 cm³/mol. The lowest BCUT2D eigenvalue weighted by atomic mass is 9.98. The van der Waals surface area contributed by atoms with Crippen molar-refractivity contribution in [2.45, 2.75) is 19.4 Å². The van der Waals surface area contributed by atoms with Crippen molar-refractivity contribution in [2.75, 3.05) is 6.61 Å². The summed E-state index contributed by atoms with van der Waals surface area (Å²) in [5.41, 5.74) is 3.31. The van der Waals surface area contributed by atoms with Crippen LogP contribution in [0.3, 0.4) is 0 Å². The Labute approximate surface area is 169 Å². The molecule has 1 atom stereocenters. The third-order valence-corrected chi connectivity index (χ3v) is 4.74. The van der Waals surface area contributed by atoms with Gasteiger partial charge in [-0.1, -0.05) is 59.8 Å². The van der Waals surface area contributed by atoms with E-state index >= 15 is 0 Å². The van der Waals surface area contributed by atoms with Crippen molar-refractivity contribution < 1.29 is 14.1 Å². The highest BCUT2D eigenvalue weighted by molar-refractivity contribution is 5.86. The maximum absolute atomic E-state index is 12.9. The molecule has 1 amide bonds. The molecule has 0 radical (unpaired) electrons. The molecule has 1 N–H and O–H groups in total. The van der Waals surface area contributed by atoms with E-state index in [0.717, 1.165) is 22.3 Å². The molecule has 0 bridgehead atoms. The van der Waals surface area contributed by atoms with Gasteiger partial charge in [0, 0.05) is 5.39 Å². The maximum atomic E-state index is 12.9. The van der Waals surface area contributed by atoms with Gasteiger partial charge in [-0.15, -0.1) is 0 Å². The van der Waals surface area contributed by atoms with Gasteiger partial charge in [0.05, 0.1) is 19.1 Å². The van der Waals surface area contributed by atoms with Crippen LogP contribution in [0, 0.1) is 0 Å². The van der Waals surface area contributed by atoms with Gasteiger partial charge in [-0.05, 0) is 42.3 Å². The van der Waals surface area contributed by atoms with Crippen molar-refractivity contribution in [3.05, 3.63) is 95.7 Å². The molecule has 3 aromatic carbocycles. The third kappa shape index (κ3) is 4.29. The van der Waals surface area contributed by atoms with E-state index in [-0.39, 0.29) is 18.4 Å². The number of benzene rings is 3. The molecule has 4 aromatic rings. The smallest absolute Gasteiger partial charge is 0.226 e. The van der Waals surface area contributed by atoms with Crippen molar-refractivity contribution in [2.24, 2.45) is 0 Å². The minimum atomic E-state index is -0.266. The number of aromatic nitrogens is 1. The maximum Gasteiger partial charge on any atom is 0.226 e. The number of rotatable bonds is 7. The molecule has 0 spiro atoms. The second kappa shape index (κ2) is 8.61. The molecule has 1 heterocycles. The molecule has 0 saturated heterocycles. The number of nitrogens with one attached hydrogen (secondary N) is 1. The number of amides is 1. The Balaban J connectivity index is 1.57. The van der Waals surface area contributed by atoms with Crippen LogP contribution < -0.4 is 10.1 Å². The summed E-state index contributed by atoms with van der Waals surface area (Å²) < 4.78 is 10.8. The van der Waals surface area contributed by atoms with Gasteiger partial charge >= 0.3 is 0 Å². The summed E-state index contributed by atoms with van der Waals surface area (Å²) in [6.07, 6.45) is 0.150. The van der Waals surface area contributed by atoms with Crippen LogP contribution in [0.1, 0.15) is 29.8 Å². The third-order valence-electron chi connectivity index (χ3n) is 4.74. The van der Waals surface area contributed by atoms with Crippen LogP contribution >= 0.6 is 0 Å². The first kappa shape index (κ1) is 18.7. The summed E-state index contributed by atoms with van der Waals surface area (Å²) in [4.78, 5) is 12.9. The molecule has 4 rings (SSSR count). The molecular formula is C24H22N2O3. The Morgan fingerprint density at radius 3 is 2.41 bits per heavy atom. The second-order valence-electron chi connectivity index (χ2n) is 6.72. The van der Waals surface area contributed by atoms with Crippen LogP contribution in [-0.2, 0) is 11.2 Å². The summed E-state index contributed by atoms with van der Waals surface area (Å²) in [5.74, 6) is 0.690. The highest BCUT2D eigenvalue weighted by Gasteiger charge is 2.19. The Kier molecular flexibility index (Phi) is 5.56. The fourth-order valence-corrected chi connectivity index (χ4v) is 3.36. The second-order valence-corrected chi connectivity index (χ2v) is 6.72. The molecule has 0 fully saturated rings. The highest BCUT2D eigenvalue weighted by atomic mass is 16.5. The Morgan fingerprint density at radius 2 is 1.66 bits per heavy atom. The van der Waals surface area contributed by atoms with Gasteiger partial charge in [-0.3, -0.25) is 4.79 Å². The standard InChI is InChI=1S/C24H22N2O3/c1-2-28-19-14-12-18(13-15-19)24(17-8-4-3-5-9-17)25-23(27)16-21-20-10-6-7-11-22(20)29-26-21/h3-15,24H,2,16H2,1H3,(H,25,27). The molecule has 1 aromatic heterocycles. The SMILES string of the molecule is CCOc1ccc(C(NC(=O)Cc2noc3ccccc23)c2ccccc2)cc1. The zero-order valence-electron chi connectivity index (χ0n) is 16.2. The number of nitrogens with zero attached hydrogens (tertiary/aromatic N) is 1. The number of carbonyl (C=O) groups excluding carboxylic acids is 1. The summed E-state index contributed by atoms with van der Waals surface area (Å²) in [7, 11) is 0. The minimum Gasteiger partial charge on any atom is -0.494 e. The molecule has 0 aliphatic carbocycles. The van der Waals surface area contributed by atoms with Gasteiger partial charge in [0.15, 0.2) is 5.58 Å². The quantitative estimate of drug-likeness (QED) is 0.501. The molecule has 0 saturated carbocycles. The van der Waals surface area contributed by atoms with Crippen molar-refractivity contribution in [3.8, 4) is 5.75 Å². The number of ether oxygens (including phenoxy) is 1. The van der Waals surface area contributed by atoms with Crippen LogP contribution in [0.4, 0.5) is 0 Å². The summed E-state index contributed by atoms with van der Waals surface area (Å²) >= 11 is 0. The van der Waals surface area contributed by atoms with E-state index in [0.29, 0.717) is 17.9 Å². The average molecular weight is 386 g/mol. The first-order chi connectivity index (χ1) is 14.2. The van der Waals surface area contributed by atoms with Crippen molar-refractivity contribution >= 4 is 16.9 Å². The van der Waals surface area contributed by atoms with E-state index in [1.54, 1.807) is 0 Å². The van der Waals surface area contributed by atoms with Crippen molar-refractivity contribution in [3.63, 3.8) is 0 Å². The number of hydrogen-bond acceptors (Lipinski definition) is 4. The fraction of sp³-hybridized carbons (Fsp3) is 0.167. The Morgan fingerprint density at radius 1 is 0.966 bits per heavy atom. The van der Waals surface area contributed by atoms with Gasteiger partial charge in [0.25, 0.3) is 0 Å². The average Bonchev–Trinajstić information content (AvgIpc) is 3.16. The normalized spacial score (nSPS) is 11.9.